The largest absolute Gasteiger partial charge is 0.452 e. The van der Waals surface area contributed by atoms with E-state index in [4.69, 9.17) is 4.74 Å². The van der Waals surface area contributed by atoms with Crippen molar-refractivity contribution in [3.05, 3.63) is 71.2 Å². The first-order chi connectivity index (χ1) is 15.6. The predicted molar refractivity (Wildman–Crippen MR) is 116 cm³/mol. The van der Waals surface area contributed by atoms with Gasteiger partial charge in [-0.15, -0.1) is 0 Å². The number of nitrogens with one attached hydrogen (secondary N) is 1. The lowest BCUT2D eigenvalue weighted by Crippen LogP contribution is -2.30. The second-order valence-corrected chi connectivity index (χ2v) is 7.51. The van der Waals surface area contributed by atoms with Gasteiger partial charge in [-0.3, -0.25) is 9.89 Å². The van der Waals surface area contributed by atoms with Crippen LogP contribution in [0.3, 0.4) is 0 Å². The summed E-state index contributed by atoms with van der Waals surface area (Å²) < 4.78 is 18.7. The summed E-state index contributed by atoms with van der Waals surface area (Å²) in [5.74, 6) is -1.78. The lowest BCUT2D eigenvalue weighted by molar-refractivity contribution is -0.118. The van der Waals surface area contributed by atoms with Crippen LogP contribution < -0.4 is 0 Å². The van der Waals surface area contributed by atoms with Gasteiger partial charge in [0.15, 0.2) is 12.3 Å². The summed E-state index contributed by atoms with van der Waals surface area (Å²) in [4.78, 5) is 27.4. The topological polar surface area (TPSA) is 99.1 Å². The average Bonchev–Trinajstić information content (AvgIpc) is 3.26. The van der Waals surface area contributed by atoms with E-state index in [-0.39, 0.29) is 11.3 Å². The molecule has 32 heavy (non-hydrogen) atoms. The lowest BCUT2D eigenvalue weighted by Gasteiger charge is -2.32. The molecule has 1 aliphatic rings. The summed E-state index contributed by atoms with van der Waals surface area (Å²) in [5, 5.41) is 17.1. The number of hydrogen-bond acceptors (Lipinski definition) is 6. The molecule has 0 saturated carbocycles. The molecular formula is C24H21FN4O3. The summed E-state index contributed by atoms with van der Waals surface area (Å²) in [6.45, 7) is 0.774. The Balaban J connectivity index is 1.59. The molecule has 1 fully saturated rings. The number of carbonyl (C=O) groups is 2. The van der Waals surface area contributed by atoms with E-state index in [9.17, 15) is 19.2 Å². The maximum atomic E-state index is 13.5. The van der Waals surface area contributed by atoms with Gasteiger partial charge in [0.2, 0.25) is 5.78 Å². The van der Waals surface area contributed by atoms with Crippen LogP contribution in [0.15, 0.2) is 54.1 Å². The van der Waals surface area contributed by atoms with Crippen molar-refractivity contribution in [3.63, 3.8) is 0 Å². The molecule has 1 saturated heterocycles. The molecule has 1 aromatic heterocycles. The number of piperidine rings is 1. The Morgan fingerprint density at radius 2 is 1.81 bits per heavy atom. The molecule has 4 rings (SSSR count). The zero-order valence-corrected chi connectivity index (χ0v) is 17.3. The Kier molecular flexibility index (Phi) is 6.26. The number of Topliss-reactive ketones (excluding diaryl/α,β-unsaturated/α-hetero) is 1. The van der Waals surface area contributed by atoms with Gasteiger partial charge < -0.3 is 9.64 Å². The standard InChI is InChI=1S/C24H21FN4O3/c25-17-10-8-16(9-11-17)23(29-12-4-1-5-13-29)19(14-26)21(30)15-32-24(31)22-18-6-2-3-7-20(18)27-28-22/h2-3,6-11H,1,4-5,12-13,15H2,(H,27,28)/b23-19-. The number of ketones is 1. The van der Waals surface area contributed by atoms with Crippen LogP contribution in [0.4, 0.5) is 4.39 Å². The molecule has 0 amide bonds. The fourth-order valence-electron chi connectivity index (χ4n) is 3.85. The first-order valence-electron chi connectivity index (χ1n) is 10.4. The average molecular weight is 432 g/mol. The molecule has 1 N–H and O–H groups in total. The molecule has 0 aliphatic carbocycles. The Labute approximate surface area is 184 Å². The molecule has 8 heteroatoms. The summed E-state index contributed by atoms with van der Waals surface area (Å²) in [5.41, 5.74) is 1.65. The molecule has 3 aromatic rings. The summed E-state index contributed by atoms with van der Waals surface area (Å²) >= 11 is 0. The number of esters is 1. The fraction of sp³-hybridized carbons (Fsp3) is 0.250. The van der Waals surface area contributed by atoms with Gasteiger partial charge in [0.25, 0.3) is 0 Å². The molecule has 2 heterocycles. The van der Waals surface area contributed by atoms with Crippen LogP contribution >= 0.6 is 0 Å². The summed E-state index contributed by atoms with van der Waals surface area (Å²) in [6, 6.07) is 14.7. The van der Waals surface area contributed by atoms with Gasteiger partial charge >= 0.3 is 5.97 Å². The van der Waals surface area contributed by atoms with Gasteiger partial charge in [0, 0.05) is 18.5 Å². The smallest absolute Gasteiger partial charge is 0.359 e. The molecule has 0 unspecified atom stereocenters. The third-order valence-corrected chi connectivity index (χ3v) is 5.42. The lowest BCUT2D eigenvalue weighted by atomic mass is 10.00. The van der Waals surface area contributed by atoms with Crippen LogP contribution in [-0.4, -0.2) is 46.5 Å². The number of halogens is 1. The molecule has 0 spiro atoms. The number of likely N-dealkylation sites (tertiary alicyclic amines) is 1. The normalized spacial score (nSPS) is 14.6. The number of aromatic amines is 1. The third kappa shape index (κ3) is 4.37. The highest BCUT2D eigenvalue weighted by atomic mass is 19.1. The summed E-state index contributed by atoms with van der Waals surface area (Å²) in [7, 11) is 0. The van der Waals surface area contributed by atoms with E-state index in [1.807, 2.05) is 11.0 Å². The van der Waals surface area contributed by atoms with Crippen molar-refractivity contribution in [3.8, 4) is 6.07 Å². The molecule has 2 aromatic carbocycles. The number of H-pyrrole nitrogens is 1. The molecule has 0 atom stereocenters. The Morgan fingerprint density at radius 3 is 2.53 bits per heavy atom. The first kappa shape index (κ1) is 21.2. The van der Waals surface area contributed by atoms with Crippen molar-refractivity contribution in [1.29, 1.82) is 5.26 Å². The van der Waals surface area contributed by atoms with Crippen LogP contribution in [0.25, 0.3) is 16.6 Å². The van der Waals surface area contributed by atoms with Crippen molar-refractivity contribution < 1.29 is 18.7 Å². The van der Waals surface area contributed by atoms with E-state index in [1.54, 1.807) is 36.4 Å². The number of para-hydroxylation sites is 1. The highest BCUT2D eigenvalue weighted by Gasteiger charge is 2.25. The third-order valence-electron chi connectivity index (χ3n) is 5.42. The number of benzene rings is 2. The summed E-state index contributed by atoms with van der Waals surface area (Å²) in [6.07, 6.45) is 2.93. The highest BCUT2D eigenvalue weighted by molar-refractivity contribution is 6.08. The zero-order valence-electron chi connectivity index (χ0n) is 17.3. The van der Waals surface area contributed by atoms with Crippen LogP contribution in [0.2, 0.25) is 0 Å². The Hall–Kier alpha value is -3.99. The van der Waals surface area contributed by atoms with Crippen molar-refractivity contribution in [2.75, 3.05) is 19.7 Å². The molecule has 0 bridgehead atoms. The minimum absolute atomic E-state index is 0.0747. The van der Waals surface area contributed by atoms with E-state index < -0.39 is 24.2 Å². The van der Waals surface area contributed by atoms with Gasteiger partial charge in [-0.1, -0.05) is 18.2 Å². The van der Waals surface area contributed by atoms with Gasteiger partial charge in [0.1, 0.15) is 17.5 Å². The zero-order chi connectivity index (χ0) is 22.5. The van der Waals surface area contributed by atoms with Gasteiger partial charge in [-0.05, 0) is 55.2 Å². The second-order valence-electron chi connectivity index (χ2n) is 7.51. The van der Waals surface area contributed by atoms with E-state index in [0.717, 1.165) is 19.3 Å². The molecule has 1 aliphatic heterocycles. The number of rotatable bonds is 6. The maximum absolute atomic E-state index is 13.5. The number of hydrogen-bond donors (Lipinski definition) is 1. The van der Waals surface area contributed by atoms with Crippen LogP contribution in [0, 0.1) is 17.1 Å². The van der Waals surface area contributed by atoms with Crippen molar-refractivity contribution >= 4 is 28.4 Å². The number of nitrogens with zero attached hydrogens (tertiary/aromatic N) is 3. The number of carbonyl (C=O) groups excluding carboxylic acids is 2. The van der Waals surface area contributed by atoms with E-state index in [2.05, 4.69) is 10.2 Å². The van der Waals surface area contributed by atoms with Gasteiger partial charge in [-0.2, -0.15) is 10.4 Å². The van der Waals surface area contributed by atoms with Crippen LogP contribution in [-0.2, 0) is 9.53 Å². The highest BCUT2D eigenvalue weighted by Crippen LogP contribution is 2.27. The monoisotopic (exact) mass is 432 g/mol. The quantitative estimate of drug-likeness (QED) is 0.361. The SMILES string of the molecule is N#C/C(C(=O)COC(=O)c1n[nH]c2ccccc12)=C(\c1ccc(F)cc1)N1CCCCC1. The number of aromatic nitrogens is 2. The second kappa shape index (κ2) is 9.43. The molecular weight excluding hydrogens is 411 g/mol. The molecule has 0 radical (unpaired) electrons. The number of fused-ring (bicyclic) bond motifs is 1. The fourth-order valence-corrected chi connectivity index (χ4v) is 3.85. The minimum Gasteiger partial charge on any atom is -0.452 e. The van der Waals surface area contributed by atoms with E-state index >= 15 is 0 Å². The Bertz CT molecular complexity index is 1220. The van der Waals surface area contributed by atoms with Crippen LogP contribution in [0.5, 0.6) is 0 Å². The molecule has 7 nitrogen and oxygen atoms in total. The Morgan fingerprint density at radius 1 is 1.09 bits per heavy atom. The predicted octanol–water partition coefficient (Wildman–Crippen LogP) is 3.85. The molecule has 162 valence electrons. The van der Waals surface area contributed by atoms with Crippen molar-refractivity contribution in [2.45, 2.75) is 19.3 Å². The van der Waals surface area contributed by atoms with Crippen molar-refractivity contribution in [2.24, 2.45) is 0 Å². The number of nitriles is 1. The first-order valence-corrected chi connectivity index (χ1v) is 10.4. The number of ether oxygens (including phenoxy) is 1. The van der Waals surface area contributed by atoms with E-state index in [0.29, 0.717) is 35.3 Å². The van der Waals surface area contributed by atoms with E-state index in [1.165, 1.54) is 12.1 Å². The maximum Gasteiger partial charge on any atom is 0.359 e. The van der Waals surface area contributed by atoms with Crippen LogP contribution in [0.1, 0.15) is 35.3 Å². The van der Waals surface area contributed by atoms with Gasteiger partial charge in [-0.25, -0.2) is 9.18 Å². The minimum atomic E-state index is -0.755. The van der Waals surface area contributed by atoms with Gasteiger partial charge in [0.05, 0.1) is 11.2 Å². The van der Waals surface area contributed by atoms with Crippen molar-refractivity contribution in [1.82, 2.24) is 15.1 Å².